The van der Waals surface area contributed by atoms with Crippen LogP contribution in [0.5, 0.6) is 0 Å². The summed E-state index contributed by atoms with van der Waals surface area (Å²) < 4.78 is 5.57. The zero-order chi connectivity index (χ0) is 10.1. The lowest BCUT2D eigenvalue weighted by atomic mass is 10.2. The Morgan fingerprint density at radius 2 is 1.79 bits per heavy atom. The average Bonchev–Trinajstić information content (AvgIpc) is 2.25. The van der Waals surface area contributed by atoms with Gasteiger partial charge >= 0.3 is 0 Å². The van der Waals surface area contributed by atoms with E-state index in [1.807, 2.05) is 6.07 Å². The molecule has 0 atom stereocenters. The van der Waals surface area contributed by atoms with Crippen molar-refractivity contribution in [2.45, 2.75) is 39.2 Å². The summed E-state index contributed by atoms with van der Waals surface area (Å²) in [5, 5.41) is 0. The first-order valence-corrected chi connectivity index (χ1v) is 5.55. The molecule has 0 saturated heterocycles. The van der Waals surface area contributed by atoms with Gasteiger partial charge in [-0.25, -0.2) is 0 Å². The van der Waals surface area contributed by atoms with Gasteiger partial charge in [0.1, 0.15) is 0 Å². The van der Waals surface area contributed by atoms with Crippen LogP contribution < -0.4 is 0 Å². The van der Waals surface area contributed by atoms with E-state index in [0.717, 1.165) is 13.2 Å². The standard InChI is InChI=1S/C13H20O/c1-2-3-4-8-11-14-12-13-9-6-5-7-10-13/h5-7,9-10H,2-4,8,11-12H2,1H3. The monoisotopic (exact) mass is 192 g/mol. The Morgan fingerprint density at radius 3 is 2.50 bits per heavy atom. The smallest absolute Gasteiger partial charge is 0.0716 e. The molecule has 1 rings (SSSR count). The van der Waals surface area contributed by atoms with Crippen molar-refractivity contribution in [2.75, 3.05) is 6.61 Å². The van der Waals surface area contributed by atoms with E-state index in [4.69, 9.17) is 4.74 Å². The fraction of sp³-hybridized carbons (Fsp3) is 0.538. The molecule has 0 spiro atoms. The quantitative estimate of drug-likeness (QED) is 0.597. The van der Waals surface area contributed by atoms with Crippen molar-refractivity contribution in [3.63, 3.8) is 0 Å². The van der Waals surface area contributed by atoms with E-state index in [1.165, 1.54) is 31.2 Å². The molecule has 0 aliphatic carbocycles. The van der Waals surface area contributed by atoms with Crippen LogP contribution >= 0.6 is 0 Å². The van der Waals surface area contributed by atoms with Crippen LogP contribution in [0.1, 0.15) is 38.2 Å². The first-order chi connectivity index (χ1) is 6.93. The third-order valence-electron chi connectivity index (χ3n) is 2.25. The Balaban J connectivity index is 1.99. The van der Waals surface area contributed by atoms with Crippen LogP contribution in [-0.4, -0.2) is 6.61 Å². The molecule has 0 heterocycles. The lowest BCUT2D eigenvalue weighted by molar-refractivity contribution is 0.117. The fourth-order valence-electron chi connectivity index (χ4n) is 1.40. The second kappa shape index (κ2) is 7.57. The van der Waals surface area contributed by atoms with Gasteiger partial charge in [0.2, 0.25) is 0 Å². The van der Waals surface area contributed by atoms with Crippen molar-refractivity contribution in [3.8, 4) is 0 Å². The van der Waals surface area contributed by atoms with Gasteiger partial charge in [0.05, 0.1) is 6.61 Å². The zero-order valence-corrected chi connectivity index (χ0v) is 9.04. The fourth-order valence-corrected chi connectivity index (χ4v) is 1.40. The maximum absolute atomic E-state index is 5.57. The van der Waals surface area contributed by atoms with Gasteiger partial charge in [-0.15, -0.1) is 0 Å². The van der Waals surface area contributed by atoms with E-state index in [0.29, 0.717) is 0 Å². The number of unbranched alkanes of at least 4 members (excludes halogenated alkanes) is 3. The third-order valence-corrected chi connectivity index (χ3v) is 2.25. The molecule has 0 N–H and O–H groups in total. The molecule has 1 aromatic rings. The highest BCUT2D eigenvalue weighted by molar-refractivity contribution is 5.13. The highest BCUT2D eigenvalue weighted by Crippen LogP contribution is 2.03. The van der Waals surface area contributed by atoms with E-state index in [1.54, 1.807) is 0 Å². The molecule has 1 nitrogen and oxygen atoms in total. The largest absolute Gasteiger partial charge is 0.377 e. The molecule has 1 aromatic carbocycles. The molecule has 0 aliphatic heterocycles. The van der Waals surface area contributed by atoms with Crippen molar-refractivity contribution >= 4 is 0 Å². The van der Waals surface area contributed by atoms with Gasteiger partial charge in [-0.05, 0) is 12.0 Å². The zero-order valence-electron chi connectivity index (χ0n) is 9.04. The highest BCUT2D eigenvalue weighted by atomic mass is 16.5. The summed E-state index contributed by atoms with van der Waals surface area (Å²) in [4.78, 5) is 0. The molecule has 1 heteroatoms. The topological polar surface area (TPSA) is 9.23 Å². The molecule has 14 heavy (non-hydrogen) atoms. The highest BCUT2D eigenvalue weighted by Gasteiger charge is 1.91. The van der Waals surface area contributed by atoms with Crippen LogP contribution in [0, 0.1) is 0 Å². The number of hydrogen-bond acceptors (Lipinski definition) is 1. The molecule has 0 aromatic heterocycles. The summed E-state index contributed by atoms with van der Waals surface area (Å²) in [5.74, 6) is 0. The lowest BCUT2D eigenvalue weighted by Crippen LogP contribution is -1.95. The van der Waals surface area contributed by atoms with Crippen LogP contribution in [0.2, 0.25) is 0 Å². The third kappa shape index (κ3) is 5.03. The summed E-state index contributed by atoms with van der Waals surface area (Å²) in [7, 11) is 0. The van der Waals surface area contributed by atoms with Gasteiger partial charge < -0.3 is 4.74 Å². The van der Waals surface area contributed by atoms with Gasteiger partial charge in [0, 0.05) is 6.61 Å². The second-order valence-electron chi connectivity index (χ2n) is 3.60. The molecule has 0 radical (unpaired) electrons. The predicted molar refractivity (Wildman–Crippen MR) is 60.2 cm³/mol. The molecular formula is C13H20O. The van der Waals surface area contributed by atoms with Crippen LogP contribution in [0.15, 0.2) is 30.3 Å². The maximum atomic E-state index is 5.57. The van der Waals surface area contributed by atoms with Crippen LogP contribution in [-0.2, 0) is 11.3 Å². The molecule has 0 saturated carbocycles. The van der Waals surface area contributed by atoms with Crippen molar-refractivity contribution in [2.24, 2.45) is 0 Å². The predicted octanol–water partition coefficient (Wildman–Crippen LogP) is 3.78. The summed E-state index contributed by atoms with van der Waals surface area (Å²) >= 11 is 0. The number of hydrogen-bond donors (Lipinski definition) is 0. The van der Waals surface area contributed by atoms with Gasteiger partial charge in [-0.1, -0.05) is 56.5 Å². The number of rotatable bonds is 7. The molecular weight excluding hydrogens is 172 g/mol. The minimum atomic E-state index is 0.757. The van der Waals surface area contributed by atoms with E-state index < -0.39 is 0 Å². The maximum Gasteiger partial charge on any atom is 0.0716 e. The van der Waals surface area contributed by atoms with Crippen LogP contribution in [0.25, 0.3) is 0 Å². The minimum absolute atomic E-state index is 0.757. The lowest BCUT2D eigenvalue weighted by Gasteiger charge is -2.03. The van der Waals surface area contributed by atoms with E-state index in [9.17, 15) is 0 Å². The van der Waals surface area contributed by atoms with Crippen molar-refractivity contribution < 1.29 is 4.74 Å². The Hall–Kier alpha value is -0.820. The van der Waals surface area contributed by atoms with E-state index in [2.05, 4.69) is 31.2 Å². The Morgan fingerprint density at radius 1 is 1.00 bits per heavy atom. The number of benzene rings is 1. The molecule has 78 valence electrons. The van der Waals surface area contributed by atoms with Crippen LogP contribution in [0.3, 0.4) is 0 Å². The van der Waals surface area contributed by atoms with Crippen molar-refractivity contribution in [1.29, 1.82) is 0 Å². The van der Waals surface area contributed by atoms with Gasteiger partial charge in [0.15, 0.2) is 0 Å². The molecule has 0 amide bonds. The molecule has 0 fully saturated rings. The SMILES string of the molecule is CCCCCCOCc1ccccc1. The van der Waals surface area contributed by atoms with Gasteiger partial charge in [-0.2, -0.15) is 0 Å². The molecule has 0 bridgehead atoms. The molecule has 0 unspecified atom stereocenters. The first-order valence-electron chi connectivity index (χ1n) is 5.55. The first kappa shape index (κ1) is 11.3. The van der Waals surface area contributed by atoms with E-state index in [-0.39, 0.29) is 0 Å². The minimum Gasteiger partial charge on any atom is -0.377 e. The van der Waals surface area contributed by atoms with Crippen molar-refractivity contribution in [1.82, 2.24) is 0 Å². The molecule has 0 aliphatic rings. The van der Waals surface area contributed by atoms with Crippen molar-refractivity contribution in [3.05, 3.63) is 35.9 Å². The summed E-state index contributed by atoms with van der Waals surface area (Å²) in [6, 6.07) is 10.3. The van der Waals surface area contributed by atoms with Gasteiger partial charge in [-0.3, -0.25) is 0 Å². The van der Waals surface area contributed by atoms with Crippen LogP contribution in [0.4, 0.5) is 0 Å². The summed E-state index contributed by atoms with van der Waals surface area (Å²) in [5.41, 5.74) is 1.27. The normalized spacial score (nSPS) is 10.4. The summed E-state index contributed by atoms with van der Waals surface area (Å²) in [6.45, 7) is 3.88. The average molecular weight is 192 g/mol. The Kier molecular flexibility index (Phi) is 6.09. The summed E-state index contributed by atoms with van der Waals surface area (Å²) in [6.07, 6.45) is 5.11. The van der Waals surface area contributed by atoms with Gasteiger partial charge in [0.25, 0.3) is 0 Å². The second-order valence-corrected chi connectivity index (χ2v) is 3.60. The Labute approximate surface area is 87.1 Å². The Bertz CT molecular complexity index is 218. The van der Waals surface area contributed by atoms with E-state index >= 15 is 0 Å². The number of ether oxygens (including phenoxy) is 1.